The molecule has 1 unspecified atom stereocenters. The summed E-state index contributed by atoms with van der Waals surface area (Å²) < 4.78 is 30.6. The Balaban J connectivity index is 0.00000272. The number of aromatic nitrogens is 4. The molecule has 0 N–H and O–H groups in total. The van der Waals surface area contributed by atoms with Crippen molar-refractivity contribution in [2.24, 2.45) is 5.92 Å². The van der Waals surface area contributed by atoms with Crippen LogP contribution in [-0.2, 0) is 9.84 Å². The maximum absolute atomic E-state index is 12.3. The Morgan fingerprint density at radius 1 is 1.20 bits per heavy atom. The number of hydrogen-bond donors (Lipinski definition) is 0. The molecule has 0 aliphatic carbocycles. The predicted octanol–water partition coefficient (Wildman–Crippen LogP) is 3.78. The van der Waals surface area contributed by atoms with Gasteiger partial charge in [0.25, 0.3) is 5.89 Å². The number of nitrogens with zero attached hydrogens (tertiary/aromatic N) is 5. The minimum Gasteiger partial charge on any atom is -0.401 e. The van der Waals surface area contributed by atoms with Crippen molar-refractivity contribution in [2.75, 3.05) is 18.0 Å². The molecular formula is C21H27N5O3S. The minimum absolute atomic E-state index is 0. The number of hydrogen-bond acceptors (Lipinski definition) is 8. The summed E-state index contributed by atoms with van der Waals surface area (Å²) in [6, 6.07) is 7.19. The van der Waals surface area contributed by atoms with Gasteiger partial charge in [-0.05, 0) is 45.2 Å². The summed E-state index contributed by atoms with van der Waals surface area (Å²) >= 11 is 0. The van der Waals surface area contributed by atoms with Crippen LogP contribution in [0.3, 0.4) is 0 Å². The largest absolute Gasteiger partial charge is 0.401 e. The van der Waals surface area contributed by atoms with E-state index in [0.717, 1.165) is 25.1 Å². The molecule has 3 heterocycles. The zero-order valence-corrected chi connectivity index (χ0v) is 18.3. The number of benzene rings is 1. The fourth-order valence-electron chi connectivity index (χ4n) is 3.43. The molecule has 1 saturated heterocycles. The molecule has 1 aliphatic rings. The first-order chi connectivity index (χ1) is 14.3. The Hall–Kier alpha value is -2.81. The molecule has 4 rings (SSSR count). The summed E-state index contributed by atoms with van der Waals surface area (Å²) in [7, 11) is -3.32. The van der Waals surface area contributed by atoms with Gasteiger partial charge in [-0.1, -0.05) is 24.2 Å². The highest BCUT2D eigenvalue weighted by atomic mass is 32.2. The zero-order chi connectivity index (χ0) is 21.5. The van der Waals surface area contributed by atoms with Gasteiger partial charge in [-0.15, -0.1) is 5.10 Å². The van der Waals surface area contributed by atoms with Crippen LogP contribution < -0.4 is 4.90 Å². The standard InChI is InChI=1S/C21H25N5O3S.H2/c1-13(2)30(27,28)17-7-5-16(6-8-17)18-11-22-15(4)19(23-18)20-24-25-21(29-20)26-10-9-14(3)12-26;/h5-8,11,13-14H,9-10,12H2,1-4H3;1H. The van der Waals surface area contributed by atoms with Crippen molar-refractivity contribution >= 4 is 15.9 Å². The van der Waals surface area contributed by atoms with Crippen molar-refractivity contribution in [3.05, 3.63) is 36.2 Å². The van der Waals surface area contributed by atoms with E-state index in [9.17, 15) is 8.42 Å². The molecule has 0 saturated carbocycles. The van der Waals surface area contributed by atoms with Crippen LogP contribution in [0.25, 0.3) is 22.8 Å². The second kappa shape index (κ2) is 7.79. The third-order valence-corrected chi connectivity index (χ3v) is 7.54. The van der Waals surface area contributed by atoms with Gasteiger partial charge in [-0.25, -0.2) is 13.4 Å². The predicted molar refractivity (Wildman–Crippen MR) is 116 cm³/mol. The third-order valence-electron chi connectivity index (χ3n) is 5.37. The van der Waals surface area contributed by atoms with Gasteiger partial charge in [0.1, 0.15) is 5.69 Å². The first kappa shape index (κ1) is 20.5. The van der Waals surface area contributed by atoms with Gasteiger partial charge in [-0.3, -0.25) is 4.98 Å². The van der Waals surface area contributed by atoms with Crippen LogP contribution in [0.4, 0.5) is 6.01 Å². The quantitative estimate of drug-likeness (QED) is 0.604. The van der Waals surface area contributed by atoms with E-state index in [4.69, 9.17) is 4.42 Å². The normalized spacial score (nSPS) is 17.1. The van der Waals surface area contributed by atoms with Crippen LogP contribution in [-0.4, -0.2) is 46.9 Å². The summed E-state index contributed by atoms with van der Waals surface area (Å²) in [5, 5.41) is 7.89. The molecule has 3 aromatic rings. The summed E-state index contributed by atoms with van der Waals surface area (Å²) in [6.45, 7) is 9.18. The lowest BCUT2D eigenvalue weighted by Gasteiger charge is -2.11. The average molecular weight is 430 g/mol. The molecule has 30 heavy (non-hydrogen) atoms. The second-order valence-corrected chi connectivity index (χ2v) is 10.5. The SMILES string of the molecule is Cc1ncc(-c2ccc(S(=O)(=O)C(C)C)cc2)nc1-c1nnc(N2CCC(C)C2)o1.[HH]. The number of sulfone groups is 1. The fourth-order valence-corrected chi connectivity index (χ4v) is 4.49. The van der Waals surface area contributed by atoms with E-state index in [1.54, 1.807) is 44.3 Å². The summed E-state index contributed by atoms with van der Waals surface area (Å²) in [6.07, 6.45) is 2.76. The lowest BCUT2D eigenvalue weighted by Crippen LogP contribution is -2.19. The fraction of sp³-hybridized carbons (Fsp3) is 0.429. The molecule has 160 valence electrons. The van der Waals surface area contributed by atoms with Crippen LogP contribution in [0.2, 0.25) is 0 Å². The molecule has 9 heteroatoms. The third kappa shape index (κ3) is 3.81. The highest BCUT2D eigenvalue weighted by molar-refractivity contribution is 7.92. The van der Waals surface area contributed by atoms with E-state index in [1.165, 1.54) is 0 Å². The second-order valence-electron chi connectivity index (χ2n) is 8.04. The summed E-state index contributed by atoms with van der Waals surface area (Å²) in [4.78, 5) is 11.5. The Morgan fingerprint density at radius 3 is 2.57 bits per heavy atom. The van der Waals surface area contributed by atoms with Crippen molar-refractivity contribution in [1.82, 2.24) is 20.2 Å². The Bertz CT molecular complexity index is 1160. The maximum atomic E-state index is 12.3. The van der Waals surface area contributed by atoms with E-state index in [0.29, 0.717) is 39.8 Å². The summed E-state index contributed by atoms with van der Waals surface area (Å²) in [5.74, 6) is 0.933. The van der Waals surface area contributed by atoms with E-state index in [1.807, 2.05) is 6.92 Å². The molecule has 1 atom stereocenters. The molecule has 2 aromatic heterocycles. The monoisotopic (exact) mass is 429 g/mol. The van der Waals surface area contributed by atoms with Crippen molar-refractivity contribution in [2.45, 2.75) is 44.3 Å². The van der Waals surface area contributed by atoms with Gasteiger partial charge in [0.2, 0.25) is 0 Å². The molecule has 1 fully saturated rings. The topological polar surface area (TPSA) is 102 Å². The highest BCUT2D eigenvalue weighted by Gasteiger charge is 2.25. The van der Waals surface area contributed by atoms with Crippen LogP contribution >= 0.6 is 0 Å². The van der Waals surface area contributed by atoms with E-state index in [-0.39, 0.29) is 1.43 Å². The number of rotatable bonds is 5. The Morgan fingerprint density at radius 2 is 1.93 bits per heavy atom. The first-order valence-corrected chi connectivity index (χ1v) is 11.6. The van der Waals surface area contributed by atoms with Crippen LogP contribution in [0, 0.1) is 12.8 Å². The van der Waals surface area contributed by atoms with Gasteiger partial charge < -0.3 is 9.32 Å². The Kier molecular flexibility index (Phi) is 5.31. The molecule has 1 aromatic carbocycles. The summed E-state index contributed by atoms with van der Waals surface area (Å²) in [5.41, 5.74) is 2.58. The Labute approximate surface area is 177 Å². The first-order valence-electron chi connectivity index (χ1n) is 10.0. The molecule has 0 radical (unpaired) electrons. The number of aryl methyl sites for hydroxylation is 1. The maximum Gasteiger partial charge on any atom is 0.318 e. The van der Waals surface area contributed by atoms with Gasteiger partial charge in [0.05, 0.1) is 27.7 Å². The van der Waals surface area contributed by atoms with Gasteiger partial charge in [-0.2, -0.15) is 0 Å². The van der Waals surface area contributed by atoms with E-state index >= 15 is 0 Å². The molecule has 0 spiro atoms. The molecule has 1 aliphatic heterocycles. The molecule has 0 bridgehead atoms. The molecule has 0 amide bonds. The van der Waals surface area contributed by atoms with Crippen LogP contribution in [0.15, 0.2) is 39.8 Å². The highest BCUT2D eigenvalue weighted by Crippen LogP contribution is 2.28. The minimum atomic E-state index is -3.32. The van der Waals surface area contributed by atoms with Crippen molar-refractivity contribution in [3.63, 3.8) is 0 Å². The lowest BCUT2D eigenvalue weighted by atomic mass is 10.1. The smallest absolute Gasteiger partial charge is 0.318 e. The van der Waals surface area contributed by atoms with Crippen molar-refractivity contribution < 1.29 is 14.3 Å². The van der Waals surface area contributed by atoms with Gasteiger partial charge >= 0.3 is 6.01 Å². The van der Waals surface area contributed by atoms with Crippen molar-refractivity contribution in [3.8, 4) is 22.8 Å². The van der Waals surface area contributed by atoms with E-state index in [2.05, 4.69) is 32.0 Å². The van der Waals surface area contributed by atoms with Crippen LogP contribution in [0.1, 0.15) is 34.3 Å². The number of anilines is 1. The van der Waals surface area contributed by atoms with Gasteiger partial charge in [0.15, 0.2) is 9.84 Å². The van der Waals surface area contributed by atoms with Gasteiger partial charge in [0, 0.05) is 20.1 Å². The van der Waals surface area contributed by atoms with Crippen molar-refractivity contribution in [1.29, 1.82) is 0 Å². The van der Waals surface area contributed by atoms with E-state index < -0.39 is 15.1 Å². The lowest BCUT2D eigenvalue weighted by molar-refractivity contribution is 0.550. The van der Waals surface area contributed by atoms with Crippen LogP contribution in [0.5, 0.6) is 0 Å². The molecular weight excluding hydrogens is 402 g/mol. The molecule has 8 nitrogen and oxygen atoms in total. The average Bonchev–Trinajstić information content (AvgIpc) is 3.37. The zero-order valence-electron chi connectivity index (χ0n) is 17.5.